The molecule has 0 aromatic heterocycles. The van der Waals surface area contributed by atoms with Gasteiger partial charge in [0.2, 0.25) is 5.91 Å². The van der Waals surface area contributed by atoms with Crippen LogP contribution in [0.5, 0.6) is 0 Å². The van der Waals surface area contributed by atoms with Crippen molar-refractivity contribution in [1.82, 2.24) is 5.32 Å². The molecular weight excluding hydrogens is 310 g/mol. The number of carbonyl (C=O) groups is 2. The first-order valence-corrected chi connectivity index (χ1v) is 9.16. The Morgan fingerprint density at radius 2 is 1.83 bits per heavy atom. The van der Waals surface area contributed by atoms with Gasteiger partial charge in [0.15, 0.2) is 5.79 Å². The molecule has 1 amide bonds. The molecule has 1 aliphatic heterocycles. The van der Waals surface area contributed by atoms with E-state index in [2.05, 4.69) is 5.32 Å². The van der Waals surface area contributed by atoms with Crippen molar-refractivity contribution >= 4 is 11.9 Å². The van der Waals surface area contributed by atoms with Gasteiger partial charge >= 0.3 is 5.97 Å². The third-order valence-electron chi connectivity index (χ3n) is 5.31. The van der Waals surface area contributed by atoms with Crippen LogP contribution in [-0.4, -0.2) is 44.0 Å². The molecule has 0 aromatic rings. The van der Waals surface area contributed by atoms with E-state index >= 15 is 0 Å². The van der Waals surface area contributed by atoms with Gasteiger partial charge in [0.1, 0.15) is 6.04 Å². The smallest absolute Gasteiger partial charge is 0.328 e. The first-order chi connectivity index (χ1) is 11.5. The van der Waals surface area contributed by atoms with E-state index in [1.165, 1.54) is 26.4 Å². The van der Waals surface area contributed by atoms with Crippen molar-refractivity contribution in [1.29, 1.82) is 0 Å². The minimum absolute atomic E-state index is 0.201. The molecule has 6 nitrogen and oxygen atoms in total. The van der Waals surface area contributed by atoms with Crippen LogP contribution in [0.2, 0.25) is 0 Å². The van der Waals surface area contributed by atoms with Crippen molar-refractivity contribution in [2.45, 2.75) is 70.6 Å². The molecule has 1 heterocycles. The molecule has 1 N–H and O–H groups in total. The largest absolute Gasteiger partial charge is 0.467 e. The second-order valence-corrected chi connectivity index (χ2v) is 7.00. The van der Waals surface area contributed by atoms with Crippen LogP contribution in [-0.2, 0) is 23.8 Å². The number of carbonyl (C=O) groups excluding carboxylic acids is 2. The van der Waals surface area contributed by atoms with Crippen LogP contribution >= 0.6 is 0 Å². The zero-order valence-electron chi connectivity index (χ0n) is 15.1. The van der Waals surface area contributed by atoms with E-state index in [1.807, 2.05) is 6.92 Å². The van der Waals surface area contributed by atoms with Crippen molar-refractivity contribution < 1.29 is 23.8 Å². The molecule has 2 atom stereocenters. The molecule has 24 heavy (non-hydrogen) atoms. The van der Waals surface area contributed by atoms with Crippen molar-refractivity contribution in [2.24, 2.45) is 11.8 Å². The fourth-order valence-corrected chi connectivity index (χ4v) is 3.91. The van der Waals surface area contributed by atoms with Crippen LogP contribution in [0.25, 0.3) is 0 Å². The Kier molecular flexibility index (Phi) is 7.04. The van der Waals surface area contributed by atoms with E-state index in [0.717, 1.165) is 12.8 Å². The summed E-state index contributed by atoms with van der Waals surface area (Å²) in [6.45, 7) is 4.70. The maximum absolute atomic E-state index is 12.8. The average molecular weight is 341 g/mol. The second-order valence-electron chi connectivity index (χ2n) is 7.00. The Bertz CT molecular complexity index is 427. The van der Waals surface area contributed by atoms with Crippen LogP contribution in [0, 0.1) is 11.8 Å². The van der Waals surface area contributed by atoms with Gasteiger partial charge in [-0.2, -0.15) is 0 Å². The van der Waals surface area contributed by atoms with Crippen LogP contribution < -0.4 is 5.32 Å². The van der Waals surface area contributed by atoms with Crippen molar-refractivity contribution in [3.63, 3.8) is 0 Å². The topological polar surface area (TPSA) is 73.9 Å². The molecule has 0 bridgehead atoms. The number of esters is 1. The molecule has 1 saturated heterocycles. The van der Waals surface area contributed by atoms with Crippen LogP contribution in [0.15, 0.2) is 0 Å². The van der Waals surface area contributed by atoms with Gasteiger partial charge < -0.3 is 19.5 Å². The van der Waals surface area contributed by atoms with Gasteiger partial charge in [0, 0.05) is 0 Å². The van der Waals surface area contributed by atoms with E-state index in [4.69, 9.17) is 14.2 Å². The summed E-state index contributed by atoms with van der Waals surface area (Å²) in [5, 5.41) is 2.89. The number of hydrogen-bond acceptors (Lipinski definition) is 5. The number of rotatable bonds is 7. The quantitative estimate of drug-likeness (QED) is 0.720. The zero-order chi connectivity index (χ0) is 17.6. The van der Waals surface area contributed by atoms with Gasteiger partial charge in [-0.15, -0.1) is 0 Å². The molecule has 2 rings (SSSR count). The molecule has 1 aliphatic carbocycles. The van der Waals surface area contributed by atoms with Crippen molar-refractivity contribution in [3.8, 4) is 0 Å². The molecule has 2 aliphatic rings. The van der Waals surface area contributed by atoms with E-state index in [-0.39, 0.29) is 11.9 Å². The highest BCUT2D eigenvalue weighted by Crippen LogP contribution is 2.31. The lowest BCUT2D eigenvalue weighted by atomic mass is 9.84. The molecule has 138 valence electrons. The zero-order valence-corrected chi connectivity index (χ0v) is 15.1. The molecule has 0 radical (unpaired) electrons. The average Bonchev–Trinajstić information content (AvgIpc) is 3.02. The SMILES string of the molecule is CCC(C(=O)N[C@@H](CC1CCCCC1)C(=O)OC)C1(C)OCCO1. The Morgan fingerprint density at radius 1 is 1.21 bits per heavy atom. The fourth-order valence-electron chi connectivity index (χ4n) is 3.91. The van der Waals surface area contributed by atoms with E-state index < -0.39 is 17.7 Å². The highest BCUT2D eigenvalue weighted by atomic mass is 16.7. The minimum Gasteiger partial charge on any atom is -0.467 e. The Morgan fingerprint density at radius 3 is 2.38 bits per heavy atom. The van der Waals surface area contributed by atoms with Gasteiger partial charge in [-0.25, -0.2) is 4.79 Å². The lowest BCUT2D eigenvalue weighted by Gasteiger charge is -2.32. The molecule has 6 heteroatoms. The highest BCUT2D eigenvalue weighted by Gasteiger charge is 2.44. The molecule has 2 fully saturated rings. The van der Waals surface area contributed by atoms with E-state index in [9.17, 15) is 9.59 Å². The summed E-state index contributed by atoms with van der Waals surface area (Å²) >= 11 is 0. The summed E-state index contributed by atoms with van der Waals surface area (Å²) in [6, 6.07) is -0.593. The summed E-state index contributed by atoms with van der Waals surface area (Å²) < 4.78 is 16.2. The number of nitrogens with one attached hydrogen (secondary N) is 1. The van der Waals surface area contributed by atoms with Crippen LogP contribution in [0.3, 0.4) is 0 Å². The summed E-state index contributed by atoms with van der Waals surface area (Å²) in [7, 11) is 1.37. The summed E-state index contributed by atoms with van der Waals surface area (Å²) in [5.41, 5.74) is 0. The number of hydrogen-bond donors (Lipinski definition) is 1. The normalized spacial score (nSPS) is 23.5. The Hall–Kier alpha value is -1.14. The highest BCUT2D eigenvalue weighted by molar-refractivity contribution is 5.86. The molecule has 0 spiro atoms. The van der Waals surface area contributed by atoms with Crippen LogP contribution in [0.4, 0.5) is 0 Å². The van der Waals surface area contributed by atoms with Crippen molar-refractivity contribution in [3.05, 3.63) is 0 Å². The first kappa shape index (κ1) is 19.2. The number of ether oxygens (including phenoxy) is 3. The fraction of sp³-hybridized carbons (Fsp3) is 0.889. The number of methoxy groups -OCH3 is 1. The van der Waals surface area contributed by atoms with Gasteiger partial charge in [0.05, 0.1) is 26.2 Å². The van der Waals surface area contributed by atoms with Crippen LogP contribution in [0.1, 0.15) is 58.8 Å². The standard InChI is InChI=1S/C18H31NO5/c1-4-14(18(2)23-10-11-24-18)16(20)19-15(17(21)22-3)12-13-8-6-5-7-9-13/h13-15H,4-12H2,1-3H3,(H,19,20)/t14?,15-/m0/s1. The van der Waals surface area contributed by atoms with Gasteiger partial charge in [-0.1, -0.05) is 39.0 Å². The molecule has 1 unspecified atom stereocenters. The summed E-state index contributed by atoms with van der Waals surface area (Å²) in [4.78, 5) is 24.9. The van der Waals surface area contributed by atoms with Gasteiger partial charge in [-0.05, 0) is 25.7 Å². The molecular formula is C18H31NO5. The van der Waals surface area contributed by atoms with Gasteiger partial charge in [-0.3, -0.25) is 4.79 Å². The molecule has 0 aromatic carbocycles. The van der Waals surface area contributed by atoms with E-state index in [1.54, 1.807) is 6.92 Å². The monoisotopic (exact) mass is 341 g/mol. The Balaban J connectivity index is 2.00. The maximum Gasteiger partial charge on any atom is 0.328 e. The lowest BCUT2D eigenvalue weighted by Crippen LogP contribution is -2.51. The second kappa shape index (κ2) is 8.81. The maximum atomic E-state index is 12.8. The number of amides is 1. The molecule has 1 saturated carbocycles. The third kappa shape index (κ3) is 4.70. The minimum atomic E-state index is -0.912. The Labute approximate surface area is 144 Å². The lowest BCUT2D eigenvalue weighted by molar-refractivity contribution is -0.188. The van der Waals surface area contributed by atoms with E-state index in [0.29, 0.717) is 32.0 Å². The van der Waals surface area contributed by atoms with Gasteiger partial charge in [0.25, 0.3) is 0 Å². The summed E-state index contributed by atoms with van der Waals surface area (Å²) in [5.74, 6) is -1.46. The van der Waals surface area contributed by atoms with Crippen molar-refractivity contribution in [2.75, 3.05) is 20.3 Å². The first-order valence-electron chi connectivity index (χ1n) is 9.16. The predicted octanol–water partition coefficient (Wildman–Crippen LogP) is 2.40. The third-order valence-corrected chi connectivity index (χ3v) is 5.31. The summed E-state index contributed by atoms with van der Waals surface area (Å²) in [6.07, 6.45) is 7.12. The predicted molar refractivity (Wildman–Crippen MR) is 89.2 cm³/mol.